The topological polar surface area (TPSA) is 84.3 Å². The van der Waals surface area contributed by atoms with Crippen molar-refractivity contribution in [1.29, 1.82) is 0 Å². The number of hydrogen-bond acceptors (Lipinski definition) is 4. The van der Waals surface area contributed by atoms with Crippen LogP contribution in [0.5, 0.6) is 0 Å². The molecule has 0 radical (unpaired) electrons. The molecule has 0 N–H and O–H groups in total. The molecule has 0 saturated carbocycles. The third-order valence-electron chi connectivity index (χ3n) is 2.29. The zero-order valence-electron chi connectivity index (χ0n) is 9.61. The molecule has 6 nitrogen and oxygen atoms in total. The Kier molecular flexibility index (Phi) is 5.00. The van der Waals surface area contributed by atoms with Gasteiger partial charge in [-0.15, -0.1) is 0 Å². The molecular weight excluding hydrogens is 222 g/mol. The molecule has 1 aromatic carbocycles. The molecule has 1 aromatic rings. The van der Waals surface area contributed by atoms with Crippen LogP contribution in [0.3, 0.4) is 0 Å². The van der Waals surface area contributed by atoms with Gasteiger partial charge in [-0.25, -0.2) is 4.79 Å². The molecule has 1 rings (SSSR count). The fourth-order valence-corrected chi connectivity index (χ4v) is 1.48. The van der Waals surface area contributed by atoms with Gasteiger partial charge in [-0.05, 0) is 11.1 Å². The van der Waals surface area contributed by atoms with Crippen LogP contribution in [0.2, 0.25) is 0 Å². The van der Waals surface area contributed by atoms with E-state index < -0.39 is 18.1 Å². The van der Waals surface area contributed by atoms with E-state index in [2.05, 4.69) is 14.8 Å². The lowest BCUT2D eigenvalue weighted by atomic mass is 10.0. The maximum Gasteiger partial charge on any atom is 0.335 e. The lowest BCUT2D eigenvalue weighted by molar-refractivity contribution is -0.153. The number of ether oxygens (including phenoxy) is 2. The minimum atomic E-state index is -0.946. The van der Waals surface area contributed by atoms with Crippen molar-refractivity contribution in [2.75, 3.05) is 14.2 Å². The van der Waals surface area contributed by atoms with Gasteiger partial charge >= 0.3 is 5.97 Å². The molecule has 90 valence electrons. The third kappa shape index (κ3) is 3.21. The van der Waals surface area contributed by atoms with E-state index in [0.717, 1.165) is 0 Å². The van der Waals surface area contributed by atoms with Gasteiger partial charge in [0, 0.05) is 12.0 Å². The van der Waals surface area contributed by atoms with Crippen LogP contribution in [0.4, 0.5) is 0 Å². The number of esters is 1. The Bertz CT molecular complexity index is 415. The highest BCUT2D eigenvalue weighted by molar-refractivity contribution is 5.75. The maximum absolute atomic E-state index is 11.5. The second kappa shape index (κ2) is 6.52. The van der Waals surface area contributed by atoms with Crippen molar-refractivity contribution in [1.82, 2.24) is 0 Å². The van der Waals surface area contributed by atoms with Crippen LogP contribution in [-0.4, -0.2) is 26.3 Å². The van der Waals surface area contributed by atoms with Crippen molar-refractivity contribution in [2.24, 2.45) is 5.11 Å². The maximum atomic E-state index is 11.5. The predicted molar refractivity (Wildman–Crippen MR) is 61.1 cm³/mol. The summed E-state index contributed by atoms with van der Waals surface area (Å²) in [5.74, 6) is -0.575. The Balaban J connectivity index is 3.08. The molecule has 0 amide bonds. The summed E-state index contributed by atoms with van der Waals surface area (Å²) in [5, 5.41) is 3.59. The molecule has 0 aliphatic heterocycles. The third-order valence-corrected chi connectivity index (χ3v) is 2.29. The molecular formula is C11H13N3O3. The quantitative estimate of drug-likeness (QED) is 0.339. The summed E-state index contributed by atoms with van der Waals surface area (Å²) < 4.78 is 9.64. The minimum Gasteiger partial charge on any atom is -0.467 e. The molecule has 0 fully saturated rings. The first-order chi connectivity index (χ1) is 8.24. The molecule has 0 spiro atoms. The largest absolute Gasteiger partial charge is 0.467 e. The molecule has 0 aromatic heterocycles. The summed E-state index contributed by atoms with van der Waals surface area (Å²) in [6.07, 6.45) is -0.946. The Hall–Kier alpha value is -2.04. The van der Waals surface area contributed by atoms with Crippen molar-refractivity contribution in [2.45, 2.75) is 12.1 Å². The Morgan fingerprint density at radius 1 is 1.35 bits per heavy atom. The van der Waals surface area contributed by atoms with Gasteiger partial charge in [0.15, 0.2) is 6.10 Å². The Labute approximate surface area is 98.8 Å². The van der Waals surface area contributed by atoms with Crippen LogP contribution in [0, 0.1) is 0 Å². The average Bonchev–Trinajstić information content (AvgIpc) is 2.39. The van der Waals surface area contributed by atoms with E-state index in [4.69, 9.17) is 10.3 Å². The van der Waals surface area contributed by atoms with Crippen molar-refractivity contribution >= 4 is 5.97 Å². The van der Waals surface area contributed by atoms with Crippen LogP contribution >= 0.6 is 0 Å². The van der Waals surface area contributed by atoms with Crippen LogP contribution in [0.25, 0.3) is 10.4 Å². The van der Waals surface area contributed by atoms with Crippen LogP contribution < -0.4 is 0 Å². The van der Waals surface area contributed by atoms with Gasteiger partial charge in [0.05, 0.1) is 13.2 Å². The summed E-state index contributed by atoms with van der Waals surface area (Å²) in [6.45, 7) is 0. The zero-order valence-corrected chi connectivity index (χ0v) is 9.61. The second-order valence-corrected chi connectivity index (χ2v) is 3.24. The van der Waals surface area contributed by atoms with E-state index in [-0.39, 0.29) is 0 Å². The minimum absolute atomic E-state index is 0.575. The van der Waals surface area contributed by atoms with Gasteiger partial charge in [0.2, 0.25) is 0 Å². The summed E-state index contributed by atoms with van der Waals surface area (Å²) >= 11 is 0. The second-order valence-electron chi connectivity index (χ2n) is 3.24. The number of nitrogens with zero attached hydrogens (tertiary/aromatic N) is 3. The van der Waals surface area contributed by atoms with Crippen LogP contribution in [-0.2, 0) is 14.3 Å². The van der Waals surface area contributed by atoms with Gasteiger partial charge in [-0.3, -0.25) is 0 Å². The van der Waals surface area contributed by atoms with Crippen molar-refractivity contribution in [3.8, 4) is 0 Å². The van der Waals surface area contributed by atoms with E-state index in [9.17, 15) is 4.79 Å². The standard InChI is InChI=1S/C11H13N3O3/c1-16-10(11(15)17-2)9(13-14-12)8-6-4-3-5-7-8/h3-7,9-10H,1-2H3/t9-,10-/m1/s1. The van der Waals surface area contributed by atoms with Crippen molar-refractivity contribution in [3.63, 3.8) is 0 Å². The number of carbonyl (C=O) groups excluding carboxylic acids is 1. The highest BCUT2D eigenvalue weighted by Crippen LogP contribution is 2.24. The van der Waals surface area contributed by atoms with E-state index in [1.165, 1.54) is 14.2 Å². The van der Waals surface area contributed by atoms with E-state index in [1.807, 2.05) is 6.07 Å². The Morgan fingerprint density at radius 3 is 2.47 bits per heavy atom. The summed E-state index contributed by atoms with van der Waals surface area (Å²) in [5.41, 5.74) is 9.24. The molecule has 0 aliphatic rings. The SMILES string of the molecule is COC(=O)[C@H](OC)[C@H](N=[N+]=[N-])c1ccccc1. The lowest BCUT2D eigenvalue weighted by Crippen LogP contribution is -2.30. The van der Waals surface area contributed by atoms with Crippen LogP contribution in [0.15, 0.2) is 35.4 Å². The van der Waals surface area contributed by atoms with E-state index in [0.29, 0.717) is 5.56 Å². The van der Waals surface area contributed by atoms with Gasteiger partial charge in [-0.1, -0.05) is 35.4 Å². The monoisotopic (exact) mass is 235 g/mol. The first-order valence-electron chi connectivity index (χ1n) is 4.94. The molecule has 17 heavy (non-hydrogen) atoms. The van der Waals surface area contributed by atoms with Gasteiger partial charge in [0.25, 0.3) is 0 Å². The van der Waals surface area contributed by atoms with Gasteiger partial charge in [0.1, 0.15) is 0 Å². The number of methoxy groups -OCH3 is 2. The molecule has 0 saturated heterocycles. The van der Waals surface area contributed by atoms with E-state index >= 15 is 0 Å². The molecule has 0 unspecified atom stereocenters. The fourth-order valence-electron chi connectivity index (χ4n) is 1.48. The average molecular weight is 235 g/mol. The number of carbonyl (C=O) groups is 1. The van der Waals surface area contributed by atoms with Crippen molar-refractivity contribution < 1.29 is 14.3 Å². The number of benzene rings is 1. The molecule has 0 bridgehead atoms. The lowest BCUT2D eigenvalue weighted by Gasteiger charge is -2.19. The summed E-state index contributed by atoms with van der Waals surface area (Å²) in [6, 6.07) is 8.19. The smallest absolute Gasteiger partial charge is 0.335 e. The van der Waals surface area contributed by atoms with Crippen molar-refractivity contribution in [3.05, 3.63) is 46.3 Å². The highest BCUT2D eigenvalue weighted by Gasteiger charge is 2.29. The highest BCUT2D eigenvalue weighted by atomic mass is 16.6. The summed E-state index contributed by atoms with van der Waals surface area (Å²) in [7, 11) is 2.62. The zero-order chi connectivity index (χ0) is 12.7. The van der Waals surface area contributed by atoms with Crippen LogP contribution in [0.1, 0.15) is 11.6 Å². The normalized spacial score (nSPS) is 13.3. The molecule has 6 heteroatoms. The number of azide groups is 1. The first-order valence-corrected chi connectivity index (χ1v) is 4.94. The number of hydrogen-bond donors (Lipinski definition) is 0. The van der Waals surface area contributed by atoms with E-state index in [1.54, 1.807) is 24.3 Å². The van der Waals surface area contributed by atoms with Gasteiger partial charge < -0.3 is 9.47 Å². The fraction of sp³-hybridized carbons (Fsp3) is 0.364. The summed E-state index contributed by atoms with van der Waals surface area (Å²) in [4.78, 5) is 14.2. The van der Waals surface area contributed by atoms with Gasteiger partial charge in [-0.2, -0.15) is 0 Å². The first kappa shape index (κ1) is 13.0. The number of rotatable bonds is 5. The Morgan fingerprint density at radius 2 is 2.00 bits per heavy atom. The molecule has 2 atom stereocenters. The molecule has 0 aliphatic carbocycles. The predicted octanol–water partition coefficient (Wildman–Crippen LogP) is 2.23. The molecule has 0 heterocycles.